The zero-order valence-corrected chi connectivity index (χ0v) is 24.3. The monoisotopic (exact) mass is 566 g/mol. The van der Waals surface area contributed by atoms with Crippen LogP contribution in [0.5, 0.6) is 0 Å². The number of aliphatic hydroxyl groups is 3. The molecule has 2 saturated heterocycles. The molecule has 0 saturated carbocycles. The molecule has 7 atom stereocenters. The maximum Gasteiger partial charge on any atom is 0.330 e. The molecule has 0 aromatic carbocycles. The third kappa shape index (κ3) is 12.5. The first-order valence-corrected chi connectivity index (χ1v) is 14.8. The van der Waals surface area contributed by atoms with Crippen molar-refractivity contribution in [3.63, 3.8) is 0 Å². The SMILES string of the molecule is C/C(=C\C(=O)OCCCCCCCC(=O)NC1CCCNC1=O)CC1OCC(C/C=C/C(C)C(C)O)C(O)C1O. The van der Waals surface area contributed by atoms with E-state index in [0.717, 1.165) is 38.5 Å². The van der Waals surface area contributed by atoms with Crippen LogP contribution in [0.1, 0.15) is 85.0 Å². The highest BCUT2D eigenvalue weighted by molar-refractivity contribution is 5.88. The predicted octanol–water partition coefficient (Wildman–Crippen LogP) is 2.30. The summed E-state index contributed by atoms with van der Waals surface area (Å²) >= 11 is 0. The first-order valence-electron chi connectivity index (χ1n) is 14.8. The summed E-state index contributed by atoms with van der Waals surface area (Å²) in [5, 5.41) is 36.2. The zero-order chi connectivity index (χ0) is 29.5. The van der Waals surface area contributed by atoms with Crippen molar-refractivity contribution < 1.29 is 39.2 Å². The average Bonchev–Trinajstić information content (AvgIpc) is 2.90. The molecule has 10 heteroatoms. The van der Waals surface area contributed by atoms with Crippen molar-refractivity contribution >= 4 is 17.8 Å². The number of unbranched alkanes of at least 4 members (excludes halogenated alkanes) is 4. The van der Waals surface area contributed by atoms with Gasteiger partial charge in [0.1, 0.15) is 12.1 Å². The van der Waals surface area contributed by atoms with Gasteiger partial charge in [0.15, 0.2) is 0 Å². The summed E-state index contributed by atoms with van der Waals surface area (Å²) in [6, 6.07) is -0.406. The Bertz CT molecular complexity index is 859. The van der Waals surface area contributed by atoms with E-state index in [1.165, 1.54) is 6.08 Å². The van der Waals surface area contributed by atoms with Gasteiger partial charge in [-0.15, -0.1) is 0 Å². The van der Waals surface area contributed by atoms with Gasteiger partial charge in [-0.2, -0.15) is 0 Å². The normalized spacial score (nSPS) is 27.2. The summed E-state index contributed by atoms with van der Waals surface area (Å²) in [7, 11) is 0. The Labute approximate surface area is 238 Å². The van der Waals surface area contributed by atoms with Crippen molar-refractivity contribution in [1.82, 2.24) is 10.6 Å². The molecule has 10 nitrogen and oxygen atoms in total. The second-order valence-electron chi connectivity index (χ2n) is 11.3. The Balaban J connectivity index is 1.55. The minimum absolute atomic E-state index is 0.00944. The van der Waals surface area contributed by atoms with Gasteiger partial charge in [0, 0.05) is 25.0 Å². The van der Waals surface area contributed by atoms with E-state index in [9.17, 15) is 29.7 Å². The number of ether oxygens (including phenoxy) is 2. The number of piperidine rings is 1. The summed E-state index contributed by atoms with van der Waals surface area (Å²) in [6.45, 7) is 6.69. The number of rotatable bonds is 16. The Kier molecular flexibility index (Phi) is 15.5. The predicted molar refractivity (Wildman–Crippen MR) is 151 cm³/mol. The van der Waals surface area contributed by atoms with Crippen LogP contribution < -0.4 is 10.6 Å². The quantitative estimate of drug-likeness (QED) is 0.0825. The number of amides is 2. The van der Waals surface area contributed by atoms with E-state index in [2.05, 4.69) is 10.6 Å². The van der Waals surface area contributed by atoms with Crippen molar-refractivity contribution in [2.75, 3.05) is 19.8 Å². The van der Waals surface area contributed by atoms with E-state index in [-0.39, 0.29) is 23.7 Å². The Morgan fingerprint density at radius 2 is 1.88 bits per heavy atom. The molecule has 2 rings (SSSR count). The van der Waals surface area contributed by atoms with Gasteiger partial charge in [-0.1, -0.05) is 43.9 Å². The fourth-order valence-corrected chi connectivity index (χ4v) is 4.85. The van der Waals surface area contributed by atoms with Gasteiger partial charge in [0.05, 0.1) is 31.5 Å². The van der Waals surface area contributed by atoms with Crippen molar-refractivity contribution in [3.05, 3.63) is 23.8 Å². The Morgan fingerprint density at radius 1 is 1.15 bits per heavy atom. The first-order chi connectivity index (χ1) is 19.1. The Hall–Kier alpha value is -2.27. The fourth-order valence-electron chi connectivity index (χ4n) is 4.85. The number of hydrogen-bond donors (Lipinski definition) is 5. The molecule has 2 amide bonds. The molecule has 0 aromatic heterocycles. The van der Waals surface area contributed by atoms with Crippen LogP contribution in [0.15, 0.2) is 23.8 Å². The molecule has 2 aliphatic rings. The largest absolute Gasteiger partial charge is 0.463 e. The number of carbonyl (C=O) groups excluding carboxylic acids is 3. The zero-order valence-electron chi connectivity index (χ0n) is 24.3. The molecular formula is C30H50N2O8. The first kappa shape index (κ1) is 33.9. The molecule has 0 spiro atoms. The van der Waals surface area contributed by atoms with Gasteiger partial charge in [-0.3, -0.25) is 9.59 Å². The molecule has 228 valence electrons. The molecule has 40 heavy (non-hydrogen) atoms. The summed E-state index contributed by atoms with van der Waals surface area (Å²) in [5.41, 5.74) is 0.703. The standard InChI is InChI=1S/C30H50N2O8/c1-20(17-25-29(37)28(36)23(19-40-25)12-9-11-21(2)22(3)33)18-27(35)39-16-8-6-4-5-7-14-26(34)32-24-13-10-15-31-30(24)38/h9,11,18,21-25,28-29,33,36-37H,4-8,10,12-17,19H2,1-3H3,(H,31,38)(H,32,34)/b11-9+,20-18+. The number of allylic oxidation sites excluding steroid dienone is 1. The smallest absolute Gasteiger partial charge is 0.330 e. The van der Waals surface area contributed by atoms with E-state index in [1.54, 1.807) is 13.8 Å². The fraction of sp³-hybridized carbons (Fsp3) is 0.767. The van der Waals surface area contributed by atoms with Gasteiger partial charge < -0.3 is 35.4 Å². The Morgan fingerprint density at radius 3 is 2.60 bits per heavy atom. The summed E-state index contributed by atoms with van der Waals surface area (Å²) in [6.07, 6.45) is 9.19. The molecule has 0 aliphatic carbocycles. The van der Waals surface area contributed by atoms with E-state index in [0.29, 0.717) is 51.0 Å². The maximum atomic E-state index is 12.2. The van der Waals surface area contributed by atoms with Crippen molar-refractivity contribution in [2.45, 2.75) is 115 Å². The molecule has 2 aliphatic heterocycles. The second kappa shape index (κ2) is 18.2. The summed E-state index contributed by atoms with van der Waals surface area (Å²) in [4.78, 5) is 35.9. The second-order valence-corrected chi connectivity index (χ2v) is 11.3. The molecule has 7 unspecified atom stereocenters. The average molecular weight is 567 g/mol. The number of carbonyl (C=O) groups is 3. The van der Waals surface area contributed by atoms with Gasteiger partial charge >= 0.3 is 5.97 Å². The lowest BCUT2D eigenvalue weighted by Gasteiger charge is -2.37. The van der Waals surface area contributed by atoms with E-state index in [4.69, 9.17) is 9.47 Å². The van der Waals surface area contributed by atoms with Crippen LogP contribution in [0.4, 0.5) is 0 Å². The lowest BCUT2D eigenvalue weighted by atomic mass is 9.87. The van der Waals surface area contributed by atoms with Crippen LogP contribution in [0.25, 0.3) is 0 Å². The minimum atomic E-state index is -1.06. The van der Waals surface area contributed by atoms with Gasteiger partial charge in [-0.05, 0) is 58.3 Å². The van der Waals surface area contributed by atoms with Crippen LogP contribution in [0.3, 0.4) is 0 Å². The highest BCUT2D eigenvalue weighted by Crippen LogP contribution is 2.27. The molecule has 5 N–H and O–H groups in total. The number of aliphatic hydroxyl groups excluding tert-OH is 3. The van der Waals surface area contributed by atoms with E-state index >= 15 is 0 Å². The summed E-state index contributed by atoms with van der Waals surface area (Å²) in [5.74, 6) is -0.859. The molecule has 2 fully saturated rings. The minimum Gasteiger partial charge on any atom is -0.463 e. The third-order valence-electron chi connectivity index (χ3n) is 7.68. The van der Waals surface area contributed by atoms with Gasteiger partial charge in [0.2, 0.25) is 11.8 Å². The van der Waals surface area contributed by atoms with Crippen LogP contribution in [-0.4, -0.2) is 83.3 Å². The molecule has 0 bridgehead atoms. The van der Waals surface area contributed by atoms with Crippen molar-refractivity contribution in [3.8, 4) is 0 Å². The van der Waals surface area contributed by atoms with Crippen LogP contribution >= 0.6 is 0 Å². The lowest BCUT2D eigenvalue weighted by molar-refractivity contribution is -0.162. The lowest BCUT2D eigenvalue weighted by Crippen LogP contribution is -2.50. The van der Waals surface area contributed by atoms with Crippen molar-refractivity contribution in [1.29, 1.82) is 0 Å². The highest BCUT2D eigenvalue weighted by Gasteiger charge is 2.37. The van der Waals surface area contributed by atoms with Crippen LogP contribution in [0.2, 0.25) is 0 Å². The molecule has 0 radical (unpaired) electrons. The number of nitrogens with one attached hydrogen (secondary N) is 2. The maximum absolute atomic E-state index is 12.2. The molecular weight excluding hydrogens is 516 g/mol. The third-order valence-corrected chi connectivity index (χ3v) is 7.68. The van der Waals surface area contributed by atoms with Gasteiger partial charge in [0.25, 0.3) is 0 Å². The van der Waals surface area contributed by atoms with Crippen LogP contribution in [0, 0.1) is 11.8 Å². The number of hydrogen-bond acceptors (Lipinski definition) is 8. The summed E-state index contributed by atoms with van der Waals surface area (Å²) < 4.78 is 11.1. The van der Waals surface area contributed by atoms with Gasteiger partial charge in [-0.25, -0.2) is 4.79 Å². The van der Waals surface area contributed by atoms with E-state index in [1.807, 2.05) is 19.1 Å². The number of esters is 1. The van der Waals surface area contributed by atoms with E-state index < -0.39 is 36.4 Å². The van der Waals surface area contributed by atoms with Crippen molar-refractivity contribution in [2.24, 2.45) is 11.8 Å². The highest BCUT2D eigenvalue weighted by atomic mass is 16.5. The topological polar surface area (TPSA) is 154 Å². The molecule has 2 heterocycles. The van der Waals surface area contributed by atoms with Crippen LogP contribution in [-0.2, 0) is 23.9 Å². The molecule has 0 aromatic rings.